The minimum atomic E-state index is -0.165. The van der Waals surface area contributed by atoms with Gasteiger partial charge in [0.1, 0.15) is 6.54 Å². The molecular weight excluding hydrogens is 344 g/mol. The summed E-state index contributed by atoms with van der Waals surface area (Å²) < 4.78 is 10.5. The van der Waals surface area contributed by atoms with Crippen LogP contribution in [-0.2, 0) is 16.1 Å². The van der Waals surface area contributed by atoms with E-state index in [-0.39, 0.29) is 18.4 Å². The molecule has 2 amide bonds. The zero-order chi connectivity index (χ0) is 19.8. The van der Waals surface area contributed by atoms with E-state index >= 15 is 0 Å². The molecule has 0 saturated heterocycles. The second-order valence-corrected chi connectivity index (χ2v) is 6.04. The van der Waals surface area contributed by atoms with Crippen molar-refractivity contribution in [2.45, 2.75) is 20.4 Å². The van der Waals surface area contributed by atoms with Crippen molar-refractivity contribution in [3.05, 3.63) is 54.1 Å². The Kier molecular flexibility index (Phi) is 7.23. The van der Waals surface area contributed by atoms with Crippen LogP contribution in [0.4, 0.5) is 5.69 Å². The molecule has 0 bridgehead atoms. The van der Waals surface area contributed by atoms with Crippen molar-refractivity contribution < 1.29 is 19.1 Å². The Morgan fingerprint density at radius 1 is 0.963 bits per heavy atom. The SMILES string of the molecule is CCN(C(=O)CN(Cc1ccc(OC)c(OC)c1)C(C)=O)c1ccccc1. The van der Waals surface area contributed by atoms with Gasteiger partial charge < -0.3 is 19.3 Å². The quantitative estimate of drug-likeness (QED) is 0.716. The number of carbonyl (C=O) groups excluding carboxylic acids is 2. The lowest BCUT2D eigenvalue weighted by molar-refractivity contribution is -0.134. The molecule has 0 heterocycles. The predicted molar refractivity (Wildman–Crippen MR) is 105 cm³/mol. The van der Waals surface area contributed by atoms with Gasteiger partial charge in [-0.25, -0.2) is 0 Å². The maximum atomic E-state index is 12.8. The van der Waals surface area contributed by atoms with Crippen molar-refractivity contribution in [2.24, 2.45) is 0 Å². The third kappa shape index (κ3) is 5.23. The summed E-state index contributed by atoms with van der Waals surface area (Å²) in [6.45, 7) is 4.23. The summed E-state index contributed by atoms with van der Waals surface area (Å²) in [4.78, 5) is 28.1. The minimum absolute atomic E-state index is 0.00636. The molecule has 0 saturated carbocycles. The maximum absolute atomic E-state index is 12.8. The van der Waals surface area contributed by atoms with Gasteiger partial charge in [-0.05, 0) is 36.8 Å². The molecule has 6 heteroatoms. The van der Waals surface area contributed by atoms with Crippen LogP contribution >= 0.6 is 0 Å². The zero-order valence-electron chi connectivity index (χ0n) is 16.3. The van der Waals surface area contributed by atoms with Crippen molar-refractivity contribution in [3.63, 3.8) is 0 Å². The molecular formula is C21H26N2O4. The first-order valence-electron chi connectivity index (χ1n) is 8.82. The van der Waals surface area contributed by atoms with E-state index in [0.717, 1.165) is 11.3 Å². The first-order valence-corrected chi connectivity index (χ1v) is 8.82. The summed E-state index contributed by atoms with van der Waals surface area (Å²) >= 11 is 0. The van der Waals surface area contributed by atoms with Gasteiger partial charge in [-0.15, -0.1) is 0 Å². The standard InChI is InChI=1S/C21H26N2O4/c1-5-23(18-9-7-6-8-10-18)21(25)15-22(16(2)24)14-17-11-12-19(26-3)20(13-17)27-4/h6-13H,5,14-15H2,1-4H3. The molecule has 2 aromatic carbocycles. The van der Waals surface area contributed by atoms with E-state index in [0.29, 0.717) is 24.6 Å². The lowest BCUT2D eigenvalue weighted by Crippen LogP contribution is -2.42. The summed E-state index contributed by atoms with van der Waals surface area (Å²) in [6, 6.07) is 14.9. The van der Waals surface area contributed by atoms with Crippen LogP contribution in [0, 0.1) is 0 Å². The number of hydrogen-bond acceptors (Lipinski definition) is 4. The van der Waals surface area contributed by atoms with Gasteiger partial charge in [-0.3, -0.25) is 9.59 Å². The second kappa shape index (κ2) is 9.62. The molecule has 0 radical (unpaired) electrons. The van der Waals surface area contributed by atoms with Crippen LogP contribution in [-0.4, -0.2) is 44.0 Å². The highest BCUT2D eigenvalue weighted by molar-refractivity contribution is 5.96. The maximum Gasteiger partial charge on any atom is 0.246 e. The van der Waals surface area contributed by atoms with E-state index in [1.807, 2.05) is 49.4 Å². The molecule has 0 aliphatic rings. The normalized spacial score (nSPS) is 10.2. The van der Waals surface area contributed by atoms with E-state index in [2.05, 4.69) is 0 Å². The molecule has 6 nitrogen and oxygen atoms in total. The Hall–Kier alpha value is -3.02. The highest BCUT2D eigenvalue weighted by Gasteiger charge is 2.20. The summed E-state index contributed by atoms with van der Waals surface area (Å²) in [5.41, 5.74) is 1.68. The number of hydrogen-bond donors (Lipinski definition) is 0. The highest BCUT2D eigenvalue weighted by atomic mass is 16.5. The molecule has 0 fully saturated rings. The lowest BCUT2D eigenvalue weighted by atomic mass is 10.2. The van der Waals surface area contributed by atoms with Gasteiger partial charge in [0.25, 0.3) is 0 Å². The number of methoxy groups -OCH3 is 2. The van der Waals surface area contributed by atoms with Crippen molar-refractivity contribution in [2.75, 3.05) is 32.2 Å². The Bertz CT molecular complexity index is 777. The molecule has 0 unspecified atom stereocenters. The molecule has 27 heavy (non-hydrogen) atoms. The van der Waals surface area contributed by atoms with E-state index in [1.54, 1.807) is 25.2 Å². The number of ether oxygens (including phenoxy) is 2. The summed E-state index contributed by atoms with van der Waals surface area (Å²) in [6.07, 6.45) is 0. The smallest absolute Gasteiger partial charge is 0.246 e. The fourth-order valence-corrected chi connectivity index (χ4v) is 2.84. The van der Waals surface area contributed by atoms with Gasteiger partial charge in [0.05, 0.1) is 14.2 Å². The van der Waals surface area contributed by atoms with E-state index in [4.69, 9.17) is 9.47 Å². The number of benzene rings is 2. The van der Waals surface area contributed by atoms with Gasteiger partial charge in [-0.1, -0.05) is 24.3 Å². The van der Waals surface area contributed by atoms with E-state index in [9.17, 15) is 9.59 Å². The minimum Gasteiger partial charge on any atom is -0.493 e. The third-order valence-electron chi connectivity index (χ3n) is 4.28. The fourth-order valence-electron chi connectivity index (χ4n) is 2.84. The number of anilines is 1. The molecule has 0 aliphatic heterocycles. The fraction of sp³-hybridized carbons (Fsp3) is 0.333. The Balaban J connectivity index is 2.15. The largest absolute Gasteiger partial charge is 0.493 e. The van der Waals surface area contributed by atoms with Crippen molar-refractivity contribution in [3.8, 4) is 11.5 Å². The average Bonchev–Trinajstić information content (AvgIpc) is 2.68. The summed E-state index contributed by atoms with van der Waals surface area (Å²) in [7, 11) is 3.13. The molecule has 0 atom stereocenters. The van der Waals surface area contributed by atoms with Crippen LogP contribution in [0.2, 0.25) is 0 Å². The number of rotatable bonds is 8. The Morgan fingerprint density at radius 3 is 2.19 bits per heavy atom. The first kappa shape index (κ1) is 20.3. The van der Waals surface area contributed by atoms with Gasteiger partial charge >= 0.3 is 0 Å². The van der Waals surface area contributed by atoms with E-state index < -0.39 is 0 Å². The van der Waals surface area contributed by atoms with Crippen LogP contribution in [0.5, 0.6) is 11.5 Å². The number of amides is 2. The molecule has 0 aromatic heterocycles. The van der Waals surface area contributed by atoms with E-state index in [1.165, 1.54) is 11.8 Å². The number of nitrogens with zero attached hydrogens (tertiary/aromatic N) is 2. The topological polar surface area (TPSA) is 59.1 Å². The molecule has 0 aliphatic carbocycles. The van der Waals surface area contributed by atoms with Gasteiger partial charge in [0.15, 0.2) is 11.5 Å². The average molecular weight is 370 g/mol. The van der Waals surface area contributed by atoms with Crippen LogP contribution in [0.15, 0.2) is 48.5 Å². The number of likely N-dealkylation sites (N-methyl/N-ethyl adjacent to an activating group) is 1. The van der Waals surface area contributed by atoms with Crippen molar-refractivity contribution >= 4 is 17.5 Å². The number of carbonyl (C=O) groups is 2. The summed E-state index contributed by atoms with van der Waals surface area (Å²) in [5, 5.41) is 0. The molecule has 2 aromatic rings. The number of para-hydroxylation sites is 1. The lowest BCUT2D eigenvalue weighted by Gasteiger charge is -2.26. The summed E-state index contributed by atoms with van der Waals surface area (Å²) in [5.74, 6) is 0.916. The van der Waals surface area contributed by atoms with Crippen LogP contribution in [0.3, 0.4) is 0 Å². The van der Waals surface area contributed by atoms with Crippen LogP contribution in [0.1, 0.15) is 19.4 Å². The van der Waals surface area contributed by atoms with Crippen molar-refractivity contribution in [1.29, 1.82) is 0 Å². The van der Waals surface area contributed by atoms with Crippen molar-refractivity contribution in [1.82, 2.24) is 4.90 Å². The monoisotopic (exact) mass is 370 g/mol. The zero-order valence-corrected chi connectivity index (χ0v) is 16.3. The second-order valence-electron chi connectivity index (χ2n) is 6.04. The molecule has 2 rings (SSSR count). The third-order valence-corrected chi connectivity index (χ3v) is 4.28. The van der Waals surface area contributed by atoms with Gasteiger partial charge in [0, 0.05) is 25.7 Å². The van der Waals surface area contributed by atoms with Crippen LogP contribution in [0.25, 0.3) is 0 Å². The Labute approximate surface area is 160 Å². The Morgan fingerprint density at radius 2 is 1.63 bits per heavy atom. The molecule has 0 spiro atoms. The van der Waals surface area contributed by atoms with Crippen LogP contribution < -0.4 is 14.4 Å². The van der Waals surface area contributed by atoms with Gasteiger partial charge in [0.2, 0.25) is 11.8 Å². The highest BCUT2D eigenvalue weighted by Crippen LogP contribution is 2.28. The first-order chi connectivity index (χ1) is 13.0. The molecule has 0 N–H and O–H groups in total. The van der Waals surface area contributed by atoms with Gasteiger partial charge in [-0.2, -0.15) is 0 Å². The predicted octanol–water partition coefficient (Wildman–Crippen LogP) is 3.11. The molecule has 144 valence electrons.